The third-order valence-corrected chi connectivity index (χ3v) is 5.75. The highest BCUT2D eigenvalue weighted by atomic mass is 127. The van der Waals surface area contributed by atoms with E-state index in [4.69, 9.17) is 4.74 Å². The van der Waals surface area contributed by atoms with Gasteiger partial charge >= 0.3 is 0 Å². The lowest BCUT2D eigenvalue weighted by atomic mass is 10.2. The molecule has 33 heavy (non-hydrogen) atoms. The molecular formula is C24H34IN7O. The van der Waals surface area contributed by atoms with Crippen molar-refractivity contribution in [1.29, 1.82) is 0 Å². The molecule has 1 fully saturated rings. The van der Waals surface area contributed by atoms with Crippen molar-refractivity contribution < 1.29 is 4.74 Å². The Labute approximate surface area is 212 Å². The second kappa shape index (κ2) is 12.2. The zero-order valence-electron chi connectivity index (χ0n) is 19.6. The molecule has 0 aliphatic carbocycles. The molecule has 1 aliphatic heterocycles. The van der Waals surface area contributed by atoms with Crippen LogP contribution in [0.15, 0.2) is 47.6 Å². The number of para-hydroxylation sites is 2. The van der Waals surface area contributed by atoms with Crippen LogP contribution in [0.25, 0.3) is 11.0 Å². The average molecular weight is 563 g/mol. The minimum Gasteiger partial charge on any atom is -0.375 e. The summed E-state index contributed by atoms with van der Waals surface area (Å²) < 4.78 is 7.89. The minimum absolute atomic E-state index is 0. The van der Waals surface area contributed by atoms with Gasteiger partial charge in [-0.1, -0.05) is 18.2 Å². The van der Waals surface area contributed by atoms with Gasteiger partial charge in [0.05, 0.1) is 23.7 Å². The molecule has 0 bridgehead atoms. The van der Waals surface area contributed by atoms with Crippen molar-refractivity contribution in [3.8, 4) is 0 Å². The first-order valence-electron chi connectivity index (χ1n) is 11.3. The van der Waals surface area contributed by atoms with E-state index in [1.54, 1.807) is 7.05 Å². The van der Waals surface area contributed by atoms with Crippen LogP contribution >= 0.6 is 24.0 Å². The van der Waals surface area contributed by atoms with Crippen LogP contribution in [0.5, 0.6) is 0 Å². The van der Waals surface area contributed by atoms with Crippen LogP contribution in [-0.4, -0.2) is 59.9 Å². The molecule has 2 aromatic heterocycles. The van der Waals surface area contributed by atoms with E-state index in [1.807, 2.05) is 12.3 Å². The smallest absolute Gasteiger partial charge is 0.191 e. The number of rotatable bonds is 7. The number of aliphatic imine (C=N–C) groups is 1. The van der Waals surface area contributed by atoms with Crippen molar-refractivity contribution in [1.82, 2.24) is 25.2 Å². The van der Waals surface area contributed by atoms with Gasteiger partial charge in [-0.2, -0.15) is 0 Å². The second-order valence-electron chi connectivity index (χ2n) is 8.16. The van der Waals surface area contributed by atoms with Crippen LogP contribution in [0.3, 0.4) is 0 Å². The minimum atomic E-state index is 0. The zero-order valence-corrected chi connectivity index (χ0v) is 22.0. The highest BCUT2D eigenvalue weighted by Gasteiger charge is 2.17. The lowest BCUT2D eigenvalue weighted by Gasteiger charge is -2.32. The number of anilines is 1. The molecule has 0 radical (unpaired) electrons. The Balaban J connectivity index is 0.00000306. The normalized spacial score (nSPS) is 16.5. The first-order valence-corrected chi connectivity index (χ1v) is 11.3. The van der Waals surface area contributed by atoms with E-state index < -0.39 is 0 Å². The third kappa shape index (κ3) is 6.57. The SMILES string of the molecule is CN=C(NCCCn1c(C)nc2ccccc21)NCc1ccc(N2CCOC(C)C2)nc1.I. The van der Waals surface area contributed by atoms with E-state index in [1.165, 1.54) is 5.52 Å². The lowest BCUT2D eigenvalue weighted by Crippen LogP contribution is -2.41. The van der Waals surface area contributed by atoms with Crippen molar-refractivity contribution in [3.63, 3.8) is 0 Å². The molecule has 3 aromatic rings. The van der Waals surface area contributed by atoms with Gasteiger partial charge in [0.25, 0.3) is 0 Å². The summed E-state index contributed by atoms with van der Waals surface area (Å²) in [4.78, 5) is 15.9. The van der Waals surface area contributed by atoms with Crippen LogP contribution in [0, 0.1) is 6.92 Å². The van der Waals surface area contributed by atoms with E-state index >= 15 is 0 Å². The number of pyridine rings is 1. The molecule has 1 atom stereocenters. The molecule has 1 saturated heterocycles. The number of guanidine groups is 1. The number of benzene rings is 1. The highest BCUT2D eigenvalue weighted by molar-refractivity contribution is 14.0. The number of halogens is 1. The van der Waals surface area contributed by atoms with Crippen LogP contribution in [0.4, 0.5) is 5.82 Å². The molecule has 1 aliphatic rings. The molecule has 9 heteroatoms. The Hall–Kier alpha value is -2.40. The van der Waals surface area contributed by atoms with Gasteiger partial charge in [-0.3, -0.25) is 4.99 Å². The average Bonchev–Trinajstić information content (AvgIpc) is 3.14. The molecule has 8 nitrogen and oxygen atoms in total. The fourth-order valence-corrected chi connectivity index (χ4v) is 4.06. The van der Waals surface area contributed by atoms with Gasteiger partial charge in [-0.05, 0) is 44.0 Å². The van der Waals surface area contributed by atoms with Gasteiger partial charge in [0.1, 0.15) is 11.6 Å². The van der Waals surface area contributed by atoms with Gasteiger partial charge in [-0.25, -0.2) is 9.97 Å². The summed E-state index contributed by atoms with van der Waals surface area (Å²) in [7, 11) is 1.80. The maximum atomic E-state index is 5.61. The van der Waals surface area contributed by atoms with Crippen LogP contribution in [0.1, 0.15) is 24.7 Å². The molecule has 4 rings (SSSR count). The maximum absolute atomic E-state index is 5.61. The summed E-state index contributed by atoms with van der Waals surface area (Å²) in [6.45, 7) is 9.12. The fraction of sp³-hybridized carbons (Fsp3) is 0.458. The summed E-state index contributed by atoms with van der Waals surface area (Å²) in [5.41, 5.74) is 3.37. The molecule has 1 unspecified atom stereocenters. The lowest BCUT2D eigenvalue weighted by molar-refractivity contribution is 0.0529. The van der Waals surface area contributed by atoms with Gasteiger partial charge in [-0.15, -0.1) is 24.0 Å². The van der Waals surface area contributed by atoms with Crippen molar-refractivity contribution >= 4 is 46.8 Å². The van der Waals surface area contributed by atoms with Gasteiger partial charge in [0.15, 0.2) is 5.96 Å². The van der Waals surface area contributed by atoms with E-state index in [-0.39, 0.29) is 30.1 Å². The summed E-state index contributed by atoms with van der Waals surface area (Å²) in [5, 5.41) is 6.77. The highest BCUT2D eigenvalue weighted by Crippen LogP contribution is 2.16. The maximum Gasteiger partial charge on any atom is 0.191 e. The van der Waals surface area contributed by atoms with Crippen molar-refractivity contribution in [2.45, 2.75) is 39.5 Å². The van der Waals surface area contributed by atoms with E-state index in [0.29, 0.717) is 6.54 Å². The van der Waals surface area contributed by atoms with Gasteiger partial charge in [0.2, 0.25) is 0 Å². The molecule has 178 valence electrons. The Kier molecular flexibility index (Phi) is 9.30. The number of morpholine rings is 1. The molecule has 0 amide bonds. The van der Waals surface area contributed by atoms with Crippen molar-refractivity contribution in [3.05, 3.63) is 54.0 Å². The Morgan fingerprint density at radius 3 is 2.82 bits per heavy atom. The molecule has 3 heterocycles. The van der Waals surface area contributed by atoms with Crippen LogP contribution < -0.4 is 15.5 Å². The summed E-state index contributed by atoms with van der Waals surface area (Å²) in [6, 6.07) is 12.5. The summed E-state index contributed by atoms with van der Waals surface area (Å²) in [5.74, 6) is 2.85. The van der Waals surface area contributed by atoms with Gasteiger partial charge in [0, 0.05) is 46.0 Å². The molecule has 2 N–H and O–H groups in total. The number of aryl methyl sites for hydroxylation is 2. The van der Waals surface area contributed by atoms with Gasteiger partial charge < -0.3 is 24.8 Å². The monoisotopic (exact) mass is 563 g/mol. The van der Waals surface area contributed by atoms with Crippen molar-refractivity contribution in [2.24, 2.45) is 4.99 Å². The predicted octanol–water partition coefficient (Wildman–Crippen LogP) is 3.34. The number of hydrogen-bond donors (Lipinski definition) is 2. The number of nitrogens with zero attached hydrogens (tertiary/aromatic N) is 5. The van der Waals surface area contributed by atoms with Crippen LogP contribution in [0.2, 0.25) is 0 Å². The molecule has 0 spiro atoms. The quantitative estimate of drug-likeness (QED) is 0.199. The molecule has 0 saturated carbocycles. The Morgan fingerprint density at radius 1 is 1.21 bits per heavy atom. The van der Waals surface area contributed by atoms with Crippen molar-refractivity contribution in [2.75, 3.05) is 38.2 Å². The second-order valence-corrected chi connectivity index (χ2v) is 8.16. The first kappa shape index (κ1) is 25.2. The Bertz CT molecular complexity index is 1050. The molecule has 1 aromatic carbocycles. The standard InChI is InChI=1S/C24H33N7O.HI/c1-18-17-30(13-14-32-18)23-10-9-20(15-27-23)16-28-24(25-3)26-11-6-12-31-19(2)29-21-7-4-5-8-22(21)31;/h4-5,7-10,15,18H,6,11-14,16-17H2,1-3H3,(H2,25,26,28);1H. The molecular weight excluding hydrogens is 529 g/mol. The predicted molar refractivity (Wildman–Crippen MR) is 145 cm³/mol. The van der Waals surface area contributed by atoms with E-state index in [2.05, 4.69) is 79.2 Å². The number of hydrogen-bond acceptors (Lipinski definition) is 5. The number of fused-ring (bicyclic) bond motifs is 1. The van der Waals surface area contributed by atoms with E-state index in [9.17, 15) is 0 Å². The van der Waals surface area contributed by atoms with Crippen LogP contribution in [-0.2, 0) is 17.8 Å². The Morgan fingerprint density at radius 2 is 2.06 bits per heavy atom. The fourth-order valence-electron chi connectivity index (χ4n) is 4.06. The largest absolute Gasteiger partial charge is 0.375 e. The van der Waals surface area contributed by atoms with E-state index in [0.717, 1.165) is 67.9 Å². The summed E-state index contributed by atoms with van der Waals surface area (Å²) in [6.07, 6.45) is 3.16. The third-order valence-electron chi connectivity index (χ3n) is 5.75. The summed E-state index contributed by atoms with van der Waals surface area (Å²) >= 11 is 0. The zero-order chi connectivity index (χ0) is 22.3. The topological polar surface area (TPSA) is 79.6 Å². The number of imidazole rings is 1. The number of nitrogens with one attached hydrogen (secondary N) is 2. The first-order chi connectivity index (χ1) is 15.6. The number of aromatic nitrogens is 3. The number of ether oxygens (including phenoxy) is 1.